The predicted molar refractivity (Wildman–Crippen MR) is 147 cm³/mol. The fraction of sp³-hybridized carbons (Fsp3) is 0.552. The van der Waals surface area contributed by atoms with E-state index in [9.17, 15) is 24.0 Å². The van der Waals surface area contributed by atoms with Crippen LogP contribution in [0.3, 0.4) is 0 Å². The highest BCUT2D eigenvalue weighted by Gasteiger charge is 2.36. The molecule has 1 saturated carbocycles. The van der Waals surface area contributed by atoms with Crippen LogP contribution in [0.5, 0.6) is 0 Å². The zero-order valence-electron chi connectivity index (χ0n) is 22.9. The molecule has 1 aliphatic carbocycles. The van der Waals surface area contributed by atoms with Gasteiger partial charge < -0.3 is 26.3 Å². The minimum absolute atomic E-state index is 0.0140. The molecule has 2 fully saturated rings. The number of aromatic nitrogens is 1. The summed E-state index contributed by atoms with van der Waals surface area (Å²) < 4.78 is 0. The van der Waals surface area contributed by atoms with Gasteiger partial charge in [-0.25, -0.2) is 0 Å². The number of hydrogen-bond donors (Lipinski definition) is 5. The molecule has 10 heteroatoms. The fourth-order valence-corrected chi connectivity index (χ4v) is 5.13. The lowest BCUT2D eigenvalue weighted by molar-refractivity contribution is -0.142. The summed E-state index contributed by atoms with van der Waals surface area (Å²) in [6, 6.07) is 7.15. The highest BCUT2D eigenvalue weighted by Crippen LogP contribution is 2.31. The Balaban J connectivity index is 1.52. The van der Waals surface area contributed by atoms with Crippen molar-refractivity contribution in [1.29, 1.82) is 0 Å². The number of benzene rings is 1. The summed E-state index contributed by atoms with van der Waals surface area (Å²) in [4.78, 5) is 68.3. The van der Waals surface area contributed by atoms with Gasteiger partial charge in [-0.05, 0) is 64.5 Å². The number of Topliss-reactive ketones (excluding diaryl/α,β-unsaturated/α-hetero) is 1. The Hall–Kier alpha value is -3.69. The number of carbonyl (C=O) groups excluding carboxylic acids is 5. The number of rotatable bonds is 10. The molecule has 0 spiro atoms. The molecule has 1 saturated heterocycles. The fourth-order valence-electron chi connectivity index (χ4n) is 5.13. The number of piperidine rings is 1. The summed E-state index contributed by atoms with van der Waals surface area (Å²) in [6.07, 6.45) is 4.76. The Morgan fingerprint density at radius 2 is 1.72 bits per heavy atom. The first-order valence-corrected chi connectivity index (χ1v) is 13.8. The van der Waals surface area contributed by atoms with E-state index in [-0.39, 0.29) is 18.2 Å². The maximum absolute atomic E-state index is 13.6. The Morgan fingerprint density at radius 1 is 0.974 bits per heavy atom. The van der Waals surface area contributed by atoms with Crippen LogP contribution < -0.4 is 21.3 Å². The van der Waals surface area contributed by atoms with Crippen LogP contribution in [-0.4, -0.2) is 58.6 Å². The second-order valence-electron chi connectivity index (χ2n) is 11.8. The van der Waals surface area contributed by atoms with Crippen molar-refractivity contribution >= 4 is 40.3 Å². The first-order chi connectivity index (χ1) is 18.5. The number of ketones is 1. The van der Waals surface area contributed by atoms with Crippen LogP contribution in [0.15, 0.2) is 30.3 Å². The lowest BCUT2D eigenvalue weighted by atomic mass is 9.80. The lowest BCUT2D eigenvalue weighted by Gasteiger charge is -2.31. The summed E-state index contributed by atoms with van der Waals surface area (Å²) in [6.45, 7) is 5.84. The van der Waals surface area contributed by atoms with Crippen molar-refractivity contribution in [3.63, 3.8) is 0 Å². The van der Waals surface area contributed by atoms with Gasteiger partial charge >= 0.3 is 0 Å². The Labute approximate surface area is 228 Å². The van der Waals surface area contributed by atoms with E-state index in [2.05, 4.69) is 26.3 Å². The van der Waals surface area contributed by atoms with Crippen LogP contribution in [-0.2, 0) is 19.2 Å². The smallest absolute Gasteiger partial charge is 0.290 e. The molecule has 0 bridgehead atoms. The van der Waals surface area contributed by atoms with Gasteiger partial charge in [-0.2, -0.15) is 0 Å². The topological polar surface area (TPSA) is 149 Å². The van der Waals surface area contributed by atoms with Gasteiger partial charge in [-0.1, -0.05) is 37.5 Å². The van der Waals surface area contributed by atoms with E-state index in [1.165, 1.54) is 0 Å². The summed E-state index contributed by atoms with van der Waals surface area (Å²) >= 11 is 0. The molecule has 4 rings (SSSR count). The van der Waals surface area contributed by atoms with Crippen molar-refractivity contribution in [1.82, 2.24) is 26.3 Å². The summed E-state index contributed by atoms with van der Waals surface area (Å²) in [5, 5.41) is 11.9. The van der Waals surface area contributed by atoms with E-state index in [1.54, 1.807) is 26.8 Å². The normalized spacial score (nSPS) is 19.4. The first-order valence-electron chi connectivity index (χ1n) is 13.8. The number of aromatic amines is 1. The second-order valence-corrected chi connectivity index (χ2v) is 11.8. The molecule has 2 heterocycles. The predicted octanol–water partition coefficient (Wildman–Crippen LogP) is 2.34. The molecule has 4 amide bonds. The van der Waals surface area contributed by atoms with Crippen molar-refractivity contribution in [3.8, 4) is 0 Å². The van der Waals surface area contributed by atoms with Crippen molar-refractivity contribution in [2.75, 3.05) is 6.54 Å². The molecule has 10 nitrogen and oxygen atoms in total. The van der Waals surface area contributed by atoms with Gasteiger partial charge in [0.05, 0.1) is 6.04 Å². The van der Waals surface area contributed by atoms with Crippen LogP contribution in [0.4, 0.5) is 0 Å². The molecule has 5 N–H and O–H groups in total. The number of amides is 4. The van der Waals surface area contributed by atoms with Gasteiger partial charge in [-0.15, -0.1) is 0 Å². The number of H-pyrrole nitrogens is 1. The molecule has 2 aromatic rings. The lowest BCUT2D eigenvalue weighted by Crippen LogP contribution is -2.57. The summed E-state index contributed by atoms with van der Waals surface area (Å²) in [7, 11) is 0. The molecule has 1 aromatic carbocycles. The molecule has 1 aromatic heterocycles. The molecule has 2 aliphatic rings. The molecule has 39 heavy (non-hydrogen) atoms. The molecular formula is C29H39N5O5. The minimum Gasteiger partial charge on any atom is -0.356 e. The molecular weight excluding hydrogens is 498 g/mol. The maximum atomic E-state index is 13.6. The molecule has 0 radical (unpaired) electrons. The van der Waals surface area contributed by atoms with E-state index in [0.717, 1.165) is 36.6 Å². The number of fused-ring (bicyclic) bond motifs is 1. The van der Waals surface area contributed by atoms with E-state index in [4.69, 9.17) is 0 Å². The van der Waals surface area contributed by atoms with Crippen molar-refractivity contribution in [3.05, 3.63) is 36.0 Å². The summed E-state index contributed by atoms with van der Waals surface area (Å²) in [5.41, 5.74) is 0.492. The second kappa shape index (κ2) is 12.0. The quantitative estimate of drug-likeness (QED) is 0.295. The SMILES string of the molecule is CC(C)(C)NC(=O)C(=O)[C@H](C[C@@H]1CCCNC1=O)NC(=O)[C@H](CC1CCC1)NC(=O)c1cc2ccccc2[nH]1. The number of carbonyl (C=O) groups is 5. The highest BCUT2D eigenvalue weighted by atomic mass is 16.2. The van der Waals surface area contributed by atoms with E-state index < -0.39 is 47.0 Å². The molecule has 3 atom stereocenters. The Kier molecular flexibility index (Phi) is 8.72. The van der Waals surface area contributed by atoms with Gasteiger partial charge in [0.2, 0.25) is 17.6 Å². The molecule has 1 aliphatic heterocycles. The molecule has 0 unspecified atom stereocenters. The van der Waals surface area contributed by atoms with Crippen LogP contribution in [0.25, 0.3) is 10.9 Å². The van der Waals surface area contributed by atoms with Gasteiger partial charge in [-0.3, -0.25) is 24.0 Å². The minimum atomic E-state index is -1.19. The van der Waals surface area contributed by atoms with Gasteiger partial charge in [0.25, 0.3) is 11.8 Å². The van der Waals surface area contributed by atoms with E-state index in [0.29, 0.717) is 25.1 Å². The van der Waals surface area contributed by atoms with Crippen LogP contribution in [0, 0.1) is 11.8 Å². The zero-order chi connectivity index (χ0) is 28.2. The largest absolute Gasteiger partial charge is 0.356 e. The third-order valence-corrected chi connectivity index (χ3v) is 7.46. The van der Waals surface area contributed by atoms with Crippen LogP contribution in [0.2, 0.25) is 0 Å². The third-order valence-electron chi connectivity index (χ3n) is 7.46. The van der Waals surface area contributed by atoms with E-state index >= 15 is 0 Å². The van der Waals surface area contributed by atoms with Gasteiger partial charge in [0.15, 0.2) is 0 Å². The van der Waals surface area contributed by atoms with Gasteiger partial charge in [0, 0.05) is 28.9 Å². The van der Waals surface area contributed by atoms with E-state index in [1.807, 2.05) is 24.3 Å². The number of para-hydroxylation sites is 1. The molecule has 210 valence electrons. The zero-order valence-corrected chi connectivity index (χ0v) is 22.9. The van der Waals surface area contributed by atoms with Gasteiger partial charge in [0.1, 0.15) is 11.7 Å². The Bertz CT molecular complexity index is 1210. The Morgan fingerprint density at radius 3 is 2.36 bits per heavy atom. The first kappa shape index (κ1) is 28.3. The maximum Gasteiger partial charge on any atom is 0.290 e. The monoisotopic (exact) mass is 537 g/mol. The highest BCUT2D eigenvalue weighted by molar-refractivity contribution is 6.38. The van der Waals surface area contributed by atoms with Crippen LogP contribution in [0.1, 0.15) is 76.2 Å². The number of nitrogens with one attached hydrogen (secondary N) is 5. The standard InChI is InChI=1S/C29H39N5O5/c1-29(2,3)34-28(39)24(35)21(16-19-11-7-13-30-25(19)36)32-26(37)22(14-17-8-6-9-17)33-27(38)23-15-18-10-4-5-12-20(18)31-23/h4-5,10,12,15,17,19,21-22,31H,6-9,11,13-14,16H2,1-3H3,(H,30,36)(H,32,37)(H,33,38)(H,34,39)/t19-,21-,22-/m0/s1. The third kappa shape index (κ3) is 7.46. The van der Waals surface area contributed by atoms with Crippen molar-refractivity contribution in [2.45, 2.75) is 83.3 Å². The van der Waals surface area contributed by atoms with Crippen molar-refractivity contribution in [2.24, 2.45) is 11.8 Å². The summed E-state index contributed by atoms with van der Waals surface area (Å²) in [5.74, 6) is -2.99. The number of hydrogen-bond acceptors (Lipinski definition) is 5. The average molecular weight is 538 g/mol. The van der Waals surface area contributed by atoms with Crippen LogP contribution >= 0.6 is 0 Å². The average Bonchev–Trinajstić information content (AvgIpc) is 3.29. The van der Waals surface area contributed by atoms with Crippen molar-refractivity contribution < 1.29 is 24.0 Å².